The third-order valence-corrected chi connectivity index (χ3v) is 3.65. The minimum absolute atomic E-state index is 0.137. The number of hydrogen-bond donors (Lipinski definition) is 2. The maximum Gasteiger partial charge on any atom is 0.251 e. The quantitative estimate of drug-likeness (QED) is 0.846. The van der Waals surface area contributed by atoms with Crippen molar-refractivity contribution < 1.29 is 4.79 Å². The summed E-state index contributed by atoms with van der Waals surface area (Å²) in [5, 5.41) is 3.72. The van der Waals surface area contributed by atoms with E-state index in [4.69, 9.17) is 18.0 Å². The van der Waals surface area contributed by atoms with E-state index >= 15 is 0 Å². The summed E-state index contributed by atoms with van der Waals surface area (Å²) in [6.45, 7) is 2.42. The molecule has 0 atom stereocenters. The predicted octanol–water partition coefficient (Wildman–Crippen LogP) is 2.02. The molecule has 0 radical (unpaired) electrons. The molecule has 0 aliphatic carbocycles. The Balaban J connectivity index is 1.98. The molecule has 98 valence electrons. The zero-order chi connectivity index (χ0) is 13.8. The first-order valence-electron chi connectivity index (χ1n) is 5.65. The molecule has 0 unspecified atom stereocenters. The lowest BCUT2D eigenvalue weighted by atomic mass is 10.1. The highest BCUT2D eigenvalue weighted by atomic mass is 32.1. The second-order valence-corrected chi connectivity index (χ2v) is 5.75. The van der Waals surface area contributed by atoms with Gasteiger partial charge in [0.25, 0.3) is 5.91 Å². The van der Waals surface area contributed by atoms with E-state index in [0.717, 1.165) is 15.4 Å². The van der Waals surface area contributed by atoms with Gasteiger partial charge in [0.1, 0.15) is 10.00 Å². The van der Waals surface area contributed by atoms with Crippen molar-refractivity contribution in [1.29, 1.82) is 0 Å². The second-order valence-electron chi connectivity index (χ2n) is 3.99. The maximum atomic E-state index is 11.9. The lowest BCUT2D eigenvalue weighted by Gasteiger charge is -2.04. The lowest BCUT2D eigenvalue weighted by Crippen LogP contribution is -2.22. The van der Waals surface area contributed by atoms with Crippen LogP contribution in [-0.2, 0) is 6.54 Å². The SMILES string of the molecule is Cc1cnc(CNC(=O)c2ccc(C(N)=S)cc2)s1. The fraction of sp³-hybridized carbons (Fsp3) is 0.154. The molecule has 1 aromatic carbocycles. The predicted molar refractivity (Wildman–Crippen MR) is 80.4 cm³/mol. The van der Waals surface area contributed by atoms with E-state index in [1.165, 1.54) is 0 Å². The Morgan fingerprint density at radius 1 is 1.37 bits per heavy atom. The van der Waals surface area contributed by atoms with Crippen LogP contribution in [0.5, 0.6) is 0 Å². The van der Waals surface area contributed by atoms with Crippen molar-refractivity contribution >= 4 is 34.5 Å². The number of thiazole rings is 1. The van der Waals surface area contributed by atoms with Crippen molar-refractivity contribution in [2.75, 3.05) is 0 Å². The average Bonchev–Trinajstić information content (AvgIpc) is 2.82. The topological polar surface area (TPSA) is 68.0 Å². The van der Waals surface area contributed by atoms with Crippen LogP contribution in [-0.4, -0.2) is 15.9 Å². The van der Waals surface area contributed by atoms with Crippen molar-refractivity contribution in [3.05, 3.63) is 51.5 Å². The van der Waals surface area contributed by atoms with Gasteiger partial charge in [-0.15, -0.1) is 11.3 Å². The third-order valence-electron chi connectivity index (χ3n) is 2.50. The number of nitrogens with two attached hydrogens (primary N) is 1. The Morgan fingerprint density at radius 2 is 2.00 bits per heavy atom. The summed E-state index contributed by atoms with van der Waals surface area (Å²) in [5.41, 5.74) is 6.83. The summed E-state index contributed by atoms with van der Waals surface area (Å²) in [7, 11) is 0. The number of carbonyl (C=O) groups is 1. The molecule has 19 heavy (non-hydrogen) atoms. The minimum Gasteiger partial charge on any atom is -0.389 e. The van der Waals surface area contributed by atoms with Crippen LogP contribution in [0.15, 0.2) is 30.5 Å². The molecule has 0 spiro atoms. The molecule has 4 nitrogen and oxygen atoms in total. The first-order valence-corrected chi connectivity index (χ1v) is 6.88. The summed E-state index contributed by atoms with van der Waals surface area (Å²) in [6, 6.07) is 6.89. The van der Waals surface area contributed by atoms with Gasteiger partial charge in [-0.25, -0.2) is 4.98 Å². The summed E-state index contributed by atoms with van der Waals surface area (Å²) in [6.07, 6.45) is 1.79. The van der Waals surface area contributed by atoms with E-state index in [-0.39, 0.29) is 5.91 Å². The number of rotatable bonds is 4. The van der Waals surface area contributed by atoms with Crippen molar-refractivity contribution in [3.63, 3.8) is 0 Å². The van der Waals surface area contributed by atoms with E-state index in [0.29, 0.717) is 17.1 Å². The molecule has 1 amide bonds. The largest absolute Gasteiger partial charge is 0.389 e. The molecular formula is C13H13N3OS2. The number of thiocarbonyl (C=S) groups is 1. The van der Waals surface area contributed by atoms with Crippen LogP contribution in [0.2, 0.25) is 0 Å². The van der Waals surface area contributed by atoms with Gasteiger partial charge >= 0.3 is 0 Å². The summed E-state index contributed by atoms with van der Waals surface area (Å²) < 4.78 is 0. The number of amides is 1. The highest BCUT2D eigenvalue weighted by Crippen LogP contribution is 2.11. The Kier molecular flexibility index (Phi) is 4.24. The molecule has 6 heteroatoms. The van der Waals surface area contributed by atoms with Gasteiger partial charge in [0.2, 0.25) is 0 Å². The van der Waals surface area contributed by atoms with Crippen molar-refractivity contribution in [2.45, 2.75) is 13.5 Å². The number of carbonyl (C=O) groups excluding carboxylic acids is 1. The van der Waals surface area contributed by atoms with Crippen molar-refractivity contribution in [2.24, 2.45) is 5.73 Å². The van der Waals surface area contributed by atoms with E-state index < -0.39 is 0 Å². The monoisotopic (exact) mass is 291 g/mol. The molecular weight excluding hydrogens is 278 g/mol. The number of nitrogens with zero attached hydrogens (tertiary/aromatic N) is 1. The lowest BCUT2D eigenvalue weighted by molar-refractivity contribution is 0.0951. The number of aryl methyl sites for hydroxylation is 1. The normalized spacial score (nSPS) is 10.2. The Labute approximate surface area is 120 Å². The Hall–Kier alpha value is -1.79. The summed E-state index contributed by atoms with van der Waals surface area (Å²) in [4.78, 5) is 17.6. The summed E-state index contributed by atoms with van der Waals surface area (Å²) >= 11 is 6.43. The summed E-state index contributed by atoms with van der Waals surface area (Å²) in [5.74, 6) is -0.137. The molecule has 0 saturated heterocycles. The molecule has 0 fully saturated rings. The fourth-order valence-electron chi connectivity index (χ4n) is 1.53. The van der Waals surface area contributed by atoms with Crippen LogP contribution < -0.4 is 11.1 Å². The van der Waals surface area contributed by atoms with Gasteiger partial charge in [0, 0.05) is 22.2 Å². The first-order chi connectivity index (χ1) is 9.06. The highest BCUT2D eigenvalue weighted by Gasteiger charge is 2.07. The van der Waals surface area contributed by atoms with Crippen LogP contribution >= 0.6 is 23.6 Å². The number of benzene rings is 1. The standard InChI is InChI=1S/C13H13N3OS2/c1-8-6-15-11(19-8)7-16-13(17)10-4-2-9(3-5-10)12(14)18/h2-6H,7H2,1H3,(H2,14,18)(H,16,17). The number of hydrogen-bond acceptors (Lipinski definition) is 4. The van der Waals surface area contributed by atoms with Gasteiger partial charge in [0.15, 0.2) is 0 Å². The number of aromatic nitrogens is 1. The fourth-order valence-corrected chi connectivity index (χ4v) is 2.39. The molecule has 1 heterocycles. The molecule has 1 aromatic heterocycles. The zero-order valence-electron chi connectivity index (χ0n) is 10.3. The smallest absolute Gasteiger partial charge is 0.251 e. The molecule has 0 saturated carbocycles. The minimum atomic E-state index is -0.137. The van der Waals surface area contributed by atoms with Gasteiger partial charge < -0.3 is 11.1 Å². The van der Waals surface area contributed by atoms with E-state index in [9.17, 15) is 4.79 Å². The van der Waals surface area contributed by atoms with Gasteiger partial charge in [-0.1, -0.05) is 24.4 Å². The van der Waals surface area contributed by atoms with Gasteiger partial charge in [-0.2, -0.15) is 0 Å². The average molecular weight is 291 g/mol. The van der Waals surface area contributed by atoms with Crippen LogP contribution in [0.1, 0.15) is 25.8 Å². The molecule has 0 bridgehead atoms. The first kappa shape index (κ1) is 13.6. The van der Waals surface area contributed by atoms with Crippen LogP contribution in [0.4, 0.5) is 0 Å². The molecule has 2 aromatic rings. The Bertz CT molecular complexity index is 605. The van der Waals surface area contributed by atoms with E-state index in [1.54, 1.807) is 41.8 Å². The van der Waals surface area contributed by atoms with E-state index in [1.807, 2.05) is 6.92 Å². The van der Waals surface area contributed by atoms with E-state index in [2.05, 4.69) is 10.3 Å². The van der Waals surface area contributed by atoms with Crippen molar-refractivity contribution in [1.82, 2.24) is 10.3 Å². The van der Waals surface area contributed by atoms with Gasteiger partial charge in [-0.3, -0.25) is 4.79 Å². The number of nitrogens with one attached hydrogen (secondary N) is 1. The molecule has 0 aliphatic rings. The molecule has 0 aliphatic heterocycles. The van der Waals surface area contributed by atoms with Crippen molar-refractivity contribution in [3.8, 4) is 0 Å². The Morgan fingerprint density at radius 3 is 2.53 bits per heavy atom. The van der Waals surface area contributed by atoms with Gasteiger partial charge in [0.05, 0.1) is 6.54 Å². The molecule has 2 rings (SSSR count). The van der Waals surface area contributed by atoms with Crippen LogP contribution in [0, 0.1) is 6.92 Å². The maximum absolute atomic E-state index is 11.9. The van der Waals surface area contributed by atoms with Crippen LogP contribution in [0.3, 0.4) is 0 Å². The zero-order valence-corrected chi connectivity index (χ0v) is 12.0. The van der Waals surface area contributed by atoms with Crippen LogP contribution in [0.25, 0.3) is 0 Å². The second kappa shape index (κ2) is 5.90. The van der Waals surface area contributed by atoms with Gasteiger partial charge in [-0.05, 0) is 19.1 Å². The third kappa shape index (κ3) is 3.59. The highest BCUT2D eigenvalue weighted by molar-refractivity contribution is 7.80. The molecule has 3 N–H and O–H groups in total.